The average molecular weight is 425 g/mol. The van der Waals surface area contributed by atoms with Gasteiger partial charge in [-0.25, -0.2) is 8.42 Å². The number of benzene rings is 1. The molecule has 0 amide bonds. The zero-order valence-corrected chi connectivity index (χ0v) is 15.4. The van der Waals surface area contributed by atoms with E-state index < -0.39 is 9.05 Å². The predicted octanol–water partition coefficient (Wildman–Crippen LogP) is 5.12. The normalized spacial score (nSPS) is 13.2. The van der Waals surface area contributed by atoms with Crippen molar-refractivity contribution in [2.45, 2.75) is 19.8 Å². The van der Waals surface area contributed by atoms with Crippen molar-refractivity contribution in [2.75, 3.05) is 12.4 Å². The molecule has 0 saturated carbocycles. The summed E-state index contributed by atoms with van der Waals surface area (Å²) in [7, 11) is 1.74. The Balaban J connectivity index is 2.75. The van der Waals surface area contributed by atoms with E-state index in [-0.39, 0.29) is 18.3 Å². The first-order valence-electron chi connectivity index (χ1n) is 5.92. The van der Waals surface area contributed by atoms with Crippen LogP contribution >= 0.6 is 49.8 Å². The average Bonchev–Trinajstić information content (AvgIpc) is 2.30. The Bertz CT molecular complexity index is 563. The Morgan fingerprint density at radius 1 is 1.30 bits per heavy atom. The van der Waals surface area contributed by atoms with Crippen LogP contribution in [0.1, 0.15) is 19.8 Å². The second kappa shape index (κ2) is 8.08. The third-order valence-corrected chi connectivity index (χ3v) is 5.32. The third-order valence-electron chi connectivity index (χ3n) is 2.58. The van der Waals surface area contributed by atoms with Gasteiger partial charge in [-0.1, -0.05) is 36.5 Å². The molecule has 0 fully saturated rings. The third kappa shape index (κ3) is 6.39. The second-order valence-electron chi connectivity index (χ2n) is 4.37. The molecule has 20 heavy (non-hydrogen) atoms. The van der Waals surface area contributed by atoms with Crippen molar-refractivity contribution in [1.29, 1.82) is 0 Å². The molecule has 1 atom stereocenters. The number of hydrogen-bond acceptors (Lipinski definition) is 3. The molecule has 0 bridgehead atoms. The minimum atomic E-state index is -3.55. The summed E-state index contributed by atoms with van der Waals surface area (Å²) >= 11 is 15.3. The number of halogens is 4. The SMILES string of the molecule is CCCC(COc1cc(Cl)c(Br)cc1Cl)CS(=O)(=O)Cl. The lowest BCUT2D eigenvalue weighted by Crippen LogP contribution is -2.19. The molecule has 0 radical (unpaired) electrons. The predicted molar refractivity (Wildman–Crippen MR) is 87.7 cm³/mol. The summed E-state index contributed by atoms with van der Waals surface area (Å²) in [6.07, 6.45) is 1.54. The van der Waals surface area contributed by atoms with E-state index >= 15 is 0 Å². The summed E-state index contributed by atoms with van der Waals surface area (Å²) in [5.41, 5.74) is 0. The molecule has 0 saturated heterocycles. The van der Waals surface area contributed by atoms with E-state index in [1.54, 1.807) is 12.1 Å². The maximum absolute atomic E-state index is 11.2. The molecular formula is C12H14BrCl3O3S. The van der Waals surface area contributed by atoms with Crippen LogP contribution in [-0.2, 0) is 9.05 Å². The van der Waals surface area contributed by atoms with Crippen molar-refractivity contribution >= 4 is 58.9 Å². The summed E-state index contributed by atoms with van der Waals surface area (Å²) in [5.74, 6) is 0.124. The molecule has 0 aromatic heterocycles. The molecule has 3 nitrogen and oxygen atoms in total. The van der Waals surface area contributed by atoms with Gasteiger partial charge in [0.2, 0.25) is 9.05 Å². The summed E-state index contributed by atoms with van der Waals surface area (Å²) in [4.78, 5) is 0. The van der Waals surface area contributed by atoms with Gasteiger partial charge >= 0.3 is 0 Å². The van der Waals surface area contributed by atoms with Crippen molar-refractivity contribution in [2.24, 2.45) is 5.92 Å². The molecule has 1 rings (SSSR count). The van der Waals surface area contributed by atoms with Crippen LogP contribution < -0.4 is 4.74 Å². The van der Waals surface area contributed by atoms with E-state index in [0.29, 0.717) is 26.7 Å². The Morgan fingerprint density at radius 2 is 1.95 bits per heavy atom. The van der Waals surface area contributed by atoms with Gasteiger partial charge in [0.1, 0.15) is 5.75 Å². The highest BCUT2D eigenvalue weighted by molar-refractivity contribution is 9.10. The molecule has 0 aliphatic carbocycles. The fraction of sp³-hybridized carbons (Fsp3) is 0.500. The Kier molecular flexibility index (Phi) is 7.43. The number of hydrogen-bond donors (Lipinski definition) is 0. The molecule has 0 aliphatic rings. The van der Waals surface area contributed by atoms with Crippen molar-refractivity contribution in [1.82, 2.24) is 0 Å². The lowest BCUT2D eigenvalue weighted by Gasteiger charge is -2.16. The topological polar surface area (TPSA) is 43.4 Å². The second-order valence-corrected chi connectivity index (χ2v) is 8.86. The fourth-order valence-corrected chi connectivity index (χ4v) is 3.93. The van der Waals surface area contributed by atoms with Crippen molar-refractivity contribution in [3.8, 4) is 5.75 Å². The minimum absolute atomic E-state index is 0.121. The summed E-state index contributed by atoms with van der Waals surface area (Å²) in [6, 6.07) is 3.22. The van der Waals surface area contributed by atoms with Gasteiger partial charge in [-0.3, -0.25) is 0 Å². The van der Waals surface area contributed by atoms with E-state index in [4.69, 9.17) is 38.6 Å². The van der Waals surface area contributed by atoms with Gasteiger partial charge in [0, 0.05) is 27.1 Å². The largest absolute Gasteiger partial charge is 0.492 e. The van der Waals surface area contributed by atoms with Crippen LogP contribution in [0.3, 0.4) is 0 Å². The maximum Gasteiger partial charge on any atom is 0.232 e. The molecule has 114 valence electrons. The molecule has 1 unspecified atom stereocenters. The summed E-state index contributed by atoms with van der Waals surface area (Å²) in [5, 5.41) is 0.881. The van der Waals surface area contributed by atoms with E-state index in [1.807, 2.05) is 6.92 Å². The van der Waals surface area contributed by atoms with Crippen LogP contribution in [0.4, 0.5) is 0 Å². The van der Waals surface area contributed by atoms with Crippen LogP contribution in [0.25, 0.3) is 0 Å². The summed E-state index contributed by atoms with van der Waals surface area (Å²) in [6.45, 7) is 2.19. The lowest BCUT2D eigenvalue weighted by molar-refractivity contribution is 0.253. The molecule has 1 aromatic carbocycles. The highest BCUT2D eigenvalue weighted by atomic mass is 79.9. The monoisotopic (exact) mass is 422 g/mol. The molecule has 0 N–H and O–H groups in total. The highest BCUT2D eigenvalue weighted by Gasteiger charge is 2.18. The zero-order valence-electron chi connectivity index (χ0n) is 10.7. The van der Waals surface area contributed by atoms with Crippen LogP contribution in [0.2, 0.25) is 10.0 Å². The van der Waals surface area contributed by atoms with Crippen molar-refractivity contribution in [3.05, 3.63) is 26.7 Å². The van der Waals surface area contributed by atoms with Crippen molar-refractivity contribution in [3.63, 3.8) is 0 Å². The van der Waals surface area contributed by atoms with Gasteiger partial charge in [0.15, 0.2) is 0 Å². The Labute approximate surface area is 142 Å². The number of rotatable bonds is 7. The lowest BCUT2D eigenvalue weighted by atomic mass is 10.1. The van der Waals surface area contributed by atoms with E-state index in [2.05, 4.69) is 15.9 Å². The first-order valence-corrected chi connectivity index (χ1v) is 9.95. The highest BCUT2D eigenvalue weighted by Crippen LogP contribution is 2.34. The quantitative estimate of drug-likeness (QED) is 0.451. The van der Waals surface area contributed by atoms with Gasteiger partial charge in [-0.2, -0.15) is 0 Å². The molecule has 0 spiro atoms. The minimum Gasteiger partial charge on any atom is -0.492 e. The van der Waals surface area contributed by atoms with E-state index in [0.717, 1.165) is 6.42 Å². The standard InChI is InChI=1S/C12H14BrCl3O3S/c1-2-3-8(7-20(16,17)18)6-19-12-5-10(14)9(13)4-11(12)15/h4-5,8H,2-3,6-7H2,1H3. The van der Waals surface area contributed by atoms with Crippen LogP contribution in [0.5, 0.6) is 5.75 Å². The Morgan fingerprint density at radius 3 is 2.50 bits per heavy atom. The fourth-order valence-electron chi connectivity index (χ4n) is 1.73. The molecule has 0 aliphatic heterocycles. The summed E-state index contributed by atoms with van der Waals surface area (Å²) < 4.78 is 28.5. The smallest absolute Gasteiger partial charge is 0.232 e. The maximum atomic E-state index is 11.2. The van der Waals surface area contributed by atoms with Crippen LogP contribution in [0, 0.1) is 5.92 Å². The molecular weight excluding hydrogens is 410 g/mol. The van der Waals surface area contributed by atoms with Gasteiger partial charge in [-0.15, -0.1) is 0 Å². The first-order chi connectivity index (χ1) is 9.23. The molecule has 8 heteroatoms. The zero-order chi connectivity index (χ0) is 15.3. The Hall–Kier alpha value is 0.320. The van der Waals surface area contributed by atoms with E-state index in [9.17, 15) is 8.42 Å². The van der Waals surface area contributed by atoms with Gasteiger partial charge in [0.25, 0.3) is 0 Å². The van der Waals surface area contributed by atoms with Gasteiger partial charge in [-0.05, 0) is 28.4 Å². The van der Waals surface area contributed by atoms with Crippen molar-refractivity contribution < 1.29 is 13.2 Å². The van der Waals surface area contributed by atoms with Crippen LogP contribution in [-0.4, -0.2) is 20.8 Å². The van der Waals surface area contributed by atoms with Gasteiger partial charge in [0.05, 0.1) is 22.4 Å². The first kappa shape index (κ1) is 18.4. The van der Waals surface area contributed by atoms with Gasteiger partial charge < -0.3 is 4.74 Å². The van der Waals surface area contributed by atoms with Crippen LogP contribution in [0.15, 0.2) is 16.6 Å². The van der Waals surface area contributed by atoms with E-state index in [1.165, 1.54) is 0 Å². The molecule has 0 heterocycles. The molecule has 1 aromatic rings. The number of ether oxygens (including phenoxy) is 1.